The van der Waals surface area contributed by atoms with Gasteiger partial charge < -0.3 is 9.64 Å². The molecule has 3 nitrogen and oxygen atoms in total. The summed E-state index contributed by atoms with van der Waals surface area (Å²) >= 11 is 0. The van der Waals surface area contributed by atoms with Crippen molar-refractivity contribution < 1.29 is 4.74 Å². The molecule has 1 aliphatic heterocycles. The Morgan fingerprint density at radius 1 is 1.17 bits per heavy atom. The molecule has 1 heterocycles. The summed E-state index contributed by atoms with van der Waals surface area (Å²) in [5, 5.41) is 0. The lowest BCUT2D eigenvalue weighted by molar-refractivity contribution is 0.183. The quantitative estimate of drug-likeness (QED) is 0.631. The molecule has 1 aromatic rings. The Balaban J connectivity index is 1.70. The van der Waals surface area contributed by atoms with Crippen LogP contribution in [0.5, 0.6) is 5.75 Å². The Morgan fingerprint density at radius 2 is 1.96 bits per heavy atom. The first-order chi connectivity index (χ1) is 11.6. The molecule has 0 spiro atoms. The average molecular weight is 333 g/mol. The lowest BCUT2D eigenvalue weighted by atomic mass is 10.1. The Kier molecular flexibility index (Phi) is 8.62. The van der Waals surface area contributed by atoms with Crippen LogP contribution >= 0.6 is 0 Å². The summed E-state index contributed by atoms with van der Waals surface area (Å²) in [6.07, 6.45) is 6.67. The van der Waals surface area contributed by atoms with Gasteiger partial charge in [-0.2, -0.15) is 0 Å². The van der Waals surface area contributed by atoms with Gasteiger partial charge in [-0.3, -0.25) is 4.90 Å². The summed E-state index contributed by atoms with van der Waals surface area (Å²) < 4.78 is 5.98. The standard InChI is InChI=1S/C21H36N2O/c1-19(2)9-8-12-22(3)18-20-10-7-11-21(17-20)24-16-15-23-13-5-4-6-14-23/h7,10-11,17,19H,4-6,8-9,12-16,18H2,1-3H3. The first-order valence-corrected chi connectivity index (χ1v) is 9.76. The highest BCUT2D eigenvalue weighted by Gasteiger charge is 2.09. The monoisotopic (exact) mass is 332 g/mol. The lowest BCUT2D eigenvalue weighted by Gasteiger charge is -2.26. The molecule has 1 aliphatic rings. The van der Waals surface area contributed by atoms with Crippen LogP contribution in [-0.2, 0) is 6.54 Å². The van der Waals surface area contributed by atoms with Gasteiger partial charge in [-0.25, -0.2) is 0 Å². The summed E-state index contributed by atoms with van der Waals surface area (Å²) in [5.41, 5.74) is 1.34. The van der Waals surface area contributed by atoms with E-state index >= 15 is 0 Å². The molecule has 0 unspecified atom stereocenters. The minimum absolute atomic E-state index is 0.799. The van der Waals surface area contributed by atoms with Gasteiger partial charge in [0.2, 0.25) is 0 Å². The van der Waals surface area contributed by atoms with Gasteiger partial charge in [-0.05, 0) is 76.0 Å². The van der Waals surface area contributed by atoms with Crippen LogP contribution in [0.15, 0.2) is 24.3 Å². The van der Waals surface area contributed by atoms with E-state index in [-0.39, 0.29) is 0 Å². The first kappa shape index (κ1) is 19.3. The van der Waals surface area contributed by atoms with E-state index in [1.807, 2.05) is 0 Å². The molecule has 3 heteroatoms. The summed E-state index contributed by atoms with van der Waals surface area (Å²) in [4.78, 5) is 4.94. The van der Waals surface area contributed by atoms with Crippen molar-refractivity contribution >= 4 is 0 Å². The molecule has 0 amide bonds. The molecule has 1 aromatic carbocycles. The second kappa shape index (κ2) is 10.7. The molecular weight excluding hydrogens is 296 g/mol. The molecular formula is C21H36N2O. The SMILES string of the molecule is CC(C)CCCN(C)Cc1cccc(OCCN2CCCCC2)c1. The van der Waals surface area contributed by atoms with Gasteiger partial charge in [0.15, 0.2) is 0 Å². The van der Waals surface area contributed by atoms with Gasteiger partial charge in [-0.1, -0.05) is 32.4 Å². The summed E-state index contributed by atoms with van der Waals surface area (Å²) in [6, 6.07) is 8.61. The second-order valence-electron chi connectivity index (χ2n) is 7.67. The average Bonchev–Trinajstić information content (AvgIpc) is 2.56. The van der Waals surface area contributed by atoms with Crippen molar-refractivity contribution in [3.05, 3.63) is 29.8 Å². The van der Waals surface area contributed by atoms with Crippen LogP contribution in [0.3, 0.4) is 0 Å². The van der Waals surface area contributed by atoms with Gasteiger partial charge in [0.05, 0.1) is 0 Å². The fourth-order valence-corrected chi connectivity index (χ4v) is 3.37. The van der Waals surface area contributed by atoms with Crippen molar-refractivity contribution in [2.75, 3.05) is 39.8 Å². The highest BCUT2D eigenvalue weighted by molar-refractivity contribution is 5.28. The Labute approximate surface area is 149 Å². The van der Waals surface area contributed by atoms with Crippen molar-refractivity contribution in [2.24, 2.45) is 5.92 Å². The molecule has 1 saturated heterocycles. The van der Waals surface area contributed by atoms with Crippen LogP contribution in [-0.4, -0.2) is 49.6 Å². The topological polar surface area (TPSA) is 15.7 Å². The zero-order valence-electron chi connectivity index (χ0n) is 16.0. The number of hydrogen-bond donors (Lipinski definition) is 0. The Hall–Kier alpha value is -1.06. The van der Waals surface area contributed by atoms with Crippen LogP contribution in [0, 0.1) is 5.92 Å². The van der Waals surface area contributed by atoms with Crippen molar-refractivity contribution in [1.29, 1.82) is 0 Å². The van der Waals surface area contributed by atoms with Crippen molar-refractivity contribution in [1.82, 2.24) is 9.80 Å². The van der Waals surface area contributed by atoms with Crippen LogP contribution in [0.4, 0.5) is 0 Å². The van der Waals surface area contributed by atoms with Gasteiger partial charge in [-0.15, -0.1) is 0 Å². The molecule has 2 rings (SSSR count). The molecule has 0 aliphatic carbocycles. The Bertz CT molecular complexity index is 455. The lowest BCUT2D eigenvalue weighted by Crippen LogP contribution is -2.33. The maximum absolute atomic E-state index is 5.98. The number of likely N-dealkylation sites (tertiary alicyclic amines) is 1. The normalized spacial score (nSPS) is 16.0. The van der Waals surface area contributed by atoms with E-state index in [1.54, 1.807) is 0 Å². The smallest absolute Gasteiger partial charge is 0.119 e. The number of hydrogen-bond acceptors (Lipinski definition) is 3. The first-order valence-electron chi connectivity index (χ1n) is 9.76. The number of benzene rings is 1. The highest BCUT2D eigenvalue weighted by Crippen LogP contribution is 2.16. The zero-order valence-corrected chi connectivity index (χ0v) is 16.0. The molecule has 0 bridgehead atoms. The summed E-state index contributed by atoms with van der Waals surface area (Å²) in [7, 11) is 2.21. The fourth-order valence-electron chi connectivity index (χ4n) is 3.37. The third kappa shape index (κ3) is 7.67. The minimum atomic E-state index is 0.799. The molecule has 0 radical (unpaired) electrons. The van der Waals surface area contributed by atoms with Crippen molar-refractivity contribution in [3.63, 3.8) is 0 Å². The molecule has 1 fully saturated rings. The number of nitrogens with zero attached hydrogens (tertiary/aromatic N) is 2. The van der Waals surface area contributed by atoms with E-state index < -0.39 is 0 Å². The van der Waals surface area contributed by atoms with Crippen LogP contribution in [0.1, 0.15) is 51.5 Å². The summed E-state index contributed by atoms with van der Waals surface area (Å²) in [5.74, 6) is 1.81. The molecule has 0 atom stereocenters. The third-order valence-corrected chi connectivity index (χ3v) is 4.80. The molecule has 136 valence electrons. The molecule has 24 heavy (non-hydrogen) atoms. The van der Waals surface area contributed by atoms with E-state index in [0.717, 1.165) is 37.9 Å². The van der Waals surface area contributed by atoms with Gasteiger partial charge in [0.1, 0.15) is 12.4 Å². The van der Waals surface area contributed by atoms with Crippen LogP contribution in [0.2, 0.25) is 0 Å². The minimum Gasteiger partial charge on any atom is -0.492 e. The molecule has 0 aromatic heterocycles. The molecule has 0 N–H and O–H groups in total. The van der Waals surface area contributed by atoms with Crippen LogP contribution < -0.4 is 4.74 Å². The van der Waals surface area contributed by atoms with E-state index in [2.05, 4.69) is 55.0 Å². The van der Waals surface area contributed by atoms with E-state index in [0.29, 0.717) is 0 Å². The maximum atomic E-state index is 5.98. The van der Waals surface area contributed by atoms with E-state index in [9.17, 15) is 0 Å². The highest BCUT2D eigenvalue weighted by atomic mass is 16.5. The second-order valence-corrected chi connectivity index (χ2v) is 7.67. The predicted octanol–water partition coefficient (Wildman–Crippen LogP) is 4.42. The largest absolute Gasteiger partial charge is 0.492 e. The maximum Gasteiger partial charge on any atom is 0.119 e. The van der Waals surface area contributed by atoms with E-state index in [4.69, 9.17) is 4.74 Å². The van der Waals surface area contributed by atoms with Crippen molar-refractivity contribution in [2.45, 2.75) is 52.5 Å². The van der Waals surface area contributed by atoms with Gasteiger partial charge >= 0.3 is 0 Å². The Morgan fingerprint density at radius 3 is 2.71 bits per heavy atom. The molecule has 0 saturated carbocycles. The number of rotatable bonds is 10. The van der Waals surface area contributed by atoms with Crippen molar-refractivity contribution in [3.8, 4) is 5.75 Å². The number of ether oxygens (including phenoxy) is 1. The van der Waals surface area contributed by atoms with Gasteiger partial charge in [0, 0.05) is 13.1 Å². The fraction of sp³-hybridized carbons (Fsp3) is 0.714. The third-order valence-electron chi connectivity index (χ3n) is 4.80. The number of piperidine rings is 1. The zero-order chi connectivity index (χ0) is 17.2. The predicted molar refractivity (Wildman–Crippen MR) is 103 cm³/mol. The van der Waals surface area contributed by atoms with Gasteiger partial charge in [0.25, 0.3) is 0 Å². The van der Waals surface area contributed by atoms with Crippen LogP contribution in [0.25, 0.3) is 0 Å². The van der Waals surface area contributed by atoms with E-state index in [1.165, 1.54) is 50.8 Å². The summed E-state index contributed by atoms with van der Waals surface area (Å²) in [6.45, 7) is 11.1.